The number of halogens is 1. The van der Waals surface area contributed by atoms with Gasteiger partial charge in [-0.3, -0.25) is 0 Å². The molecule has 6 nitrogen and oxygen atoms in total. The van der Waals surface area contributed by atoms with E-state index in [2.05, 4.69) is 5.32 Å². The van der Waals surface area contributed by atoms with E-state index in [9.17, 15) is 17.6 Å². The van der Waals surface area contributed by atoms with Crippen molar-refractivity contribution in [3.05, 3.63) is 24.0 Å². The summed E-state index contributed by atoms with van der Waals surface area (Å²) in [5.74, 6) is -0.556. The molecule has 1 aromatic carbocycles. The van der Waals surface area contributed by atoms with E-state index in [4.69, 9.17) is 0 Å². The largest absolute Gasteiger partial charge is 0.367 e. The highest BCUT2D eigenvalue weighted by Gasteiger charge is 2.21. The smallest absolute Gasteiger partial charge is 0.317 e. The lowest BCUT2D eigenvalue weighted by molar-refractivity contribution is 0.202. The lowest BCUT2D eigenvalue weighted by atomic mass is 10.2. The maximum Gasteiger partial charge on any atom is 0.317 e. The van der Waals surface area contributed by atoms with Crippen molar-refractivity contribution in [3.8, 4) is 0 Å². The van der Waals surface area contributed by atoms with Crippen molar-refractivity contribution in [2.24, 2.45) is 0 Å². The maximum absolute atomic E-state index is 14.3. The highest BCUT2D eigenvalue weighted by atomic mass is 32.2. The molecule has 0 aromatic heterocycles. The molecule has 0 saturated carbocycles. The second-order valence-corrected chi connectivity index (χ2v) is 7.56. The summed E-state index contributed by atoms with van der Waals surface area (Å²) >= 11 is 0. The SMILES string of the molecule is CCNC(=O)N1CCCN(c2ccc(S(C)(=O)=O)cc2F)CC1. The monoisotopic (exact) mass is 343 g/mol. The van der Waals surface area contributed by atoms with Crippen molar-refractivity contribution in [3.63, 3.8) is 0 Å². The van der Waals surface area contributed by atoms with Crippen LogP contribution in [0, 0.1) is 5.82 Å². The number of nitrogens with zero attached hydrogens (tertiary/aromatic N) is 2. The van der Waals surface area contributed by atoms with Crippen LogP contribution >= 0.6 is 0 Å². The first-order valence-electron chi connectivity index (χ1n) is 7.60. The average Bonchev–Trinajstić information content (AvgIpc) is 2.72. The van der Waals surface area contributed by atoms with Gasteiger partial charge in [0, 0.05) is 39.0 Å². The standard InChI is InChI=1S/C15H22FN3O3S/c1-3-17-15(20)19-8-4-7-18(9-10-19)14-6-5-12(11-13(14)16)23(2,21)22/h5-6,11H,3-4,7-10H2,1-2H3,(H,17,20). The molecule has 1 fully saturated rings. The summed E-state index contributed by atoms with van der Waals surface area (Å²) in [6.45, 7) is 4.67. The molecule has 1 aliphatic rings. The first-order chi connectivity index (χ1) is 10.8. The third kappa shape index (κ3) is 4.34. The number of hydrogen-bond acceptors (Lipinski definition) is 4. The fourth-order valence-corrected chi connectivity index (χ4v) is 3.23. The number of carbonyl (C=O) groups is 1. The Balaban J connectivity index is 2.12. The molecule has 0 atom stereocenters. The summed E-state index contributed by atoms with van der Waals surface area (Å²) in [4.78, 5) is 15.4. The van der Waals surface area contributed by atoms with Crippen LogP contribution in [0.2, 0.25) is 0 Å². The molecule has 0 bridgehead atoms. The van der Waals surface area contributed by atoms with Crippen LogP contribution in [0.3, 0.4) is 0 Å². The van der Waals surface area contributed by atoms with Crippen molar-refractivity contribution in [1.29, 1.82) is 0 Å². The van der Waals surface area contributed by atoms with Crippen LogP contribution in [0.1, 0.15) is 13.3 Å². The number of urea groups is 1. The van der Waals surface area contributed by atoms with Gasteiger partial charge in [-0.05, 0) is 31.5 Å². The summed E-state index contributed by atoms with van der Waals surface area (Å²) in [5, 5.41) is 2.76. The number of amides is 2. The Hall–Kier alpha value is -1.83. The van der Waals surface area contributed by atoms with E-state index in [0.717, 1.165) is 18.7 Å². The van der Waals surface area contributed by atoms with Crippen LogP contribution in [0.15, 0.2) is 23.1 Å². The minimum absolute atomic E-state index is 0.0301. The third-order valence-electron chi connectivity index (χ3n) is 3.80. The molecule has 0 radical (unpaired) electrons. The van der Waals surface area contributed by atoms with Gasteiger partial charge in [-0.25, -0.2) is 17.6 Å². The molecule has 1 aliphatic heterocycles. The number of hydrogen-bond donors (Lipinski definition) is 1. The van der Waals surface area contributed by atoms with Gasteiger partial charge in [-0.1, -0.05) is 0 Å². The van der Waals surface area contributed by atoms with Gasteiger partial charge in [0.25, 0.3) is 0 Å². The maximum atomic E-state index is 14.3. The predicted octanol–water partition coefficient (Wildman–Crippen LogP) is 1.47. The highest BCUT2D eigenvalue weighted by Crippen LogP contribution is 2.24. The third-order valence-corrected chi connectivity index (χ3v) is 4.91. The number of benzene rings is 1. The predicted molar refractivity (Wildman–Crippen MR) is 87.0 cm³/mol. The zero-order valence-electron chi connectivity index (χ0n) is 13.4. The van der Waals surface area contributed by atoms with Crippen molar-refractivity contribution in [2.75, 3.05) is 43.9 Å². The van der Waals surface area contributed by atoms with E-state index in [1.54, 1.807) is 4.90 Å². The van der Waals surface area contributed by atoms with E-state index in [1.165, 1.54) is 12.1 Å². The molecule has 1 heterocycles. The molecule has 0 spiro atoms. The van der Waals surface area contributed by atoms with Gasteiger partial charge in [0.15, 0.2) is 9.84 Å². The topological polar surface area (TPSA) is 69.7 Å². The normalized spacial score (nSPS) is 16.1. The van der Waals surface area contributed by atoms with E-state index in [0.29, 0.717) is 38.4 Å². The summed E-state index contributed by atoms with van der Waals surface area (Å²) in [7, 11) is -3.43. The molecule has 1 saturated heterocycles. The highest BCUT2D eigenvalue weighted by molar-refractivity contribution is 7.90. The van der Waals surface area contributed by atoms with E-state index in [1.807, 2.05) is 11.8 Å². The van der Waals surface area contributed by atoms with Crippen LogP contribution < -0.4 is 10.2 Å². The molecule has 1 aromatic rings. The fraction of sp³-hybridized carbons (Fsp3) is 0.533. The zero-order chi connectivity index (χ0) is 17.0. The Morgan fingerprint density at radius 3 is 2.61 bits per heavy atom. The van der Waals surface area contributed by atoms with Crippen LogP contribution in [-0.2, 0) is 9.84 Å². The Morgan fingerprint density at radius 2 is 2.00 bits per heavy atom. The van der Waals surface area contributed by atoms with Crippen molar-refractivity contribution < 1.29 is 17.6 Å². The van der Waals surface area contributed by atoms with Gasteiger partial charge < -0.3 is 15.1 Å². The average molecular weight is 343 g/mol. The molecule has 1 N–H and O–H groups in total. The van der Waals surface area contributed by atoms with Crippen LogP contribution in [0.25, 0.3) is 0 Å². The number of carbonyl (C=O) groups excluding carboxylic acids is 1. The molecule has 0 unspecified atom stereocenters. The molecule has 23 heavy (non-hydrogen) atoms. The van der Waals surface area contributed by atoms with Crippen molar-refractivity contribution in [2.45, 2.75) is 18.2 Å². The lowest BCUT2D eigenvalue weighted by Crippen LogP contribution is -2.42. The van der Waals surface area contributed by atoms with Crippen LogP contribution in [-0.4, -0.2) is 58.3 Å². The zero-order valence-corrected chi connectivity index (χ0v) is 14.2. The first kappa shape index (κ1) is 17.5. The van der Waals surface area contributed by atoms with E-state index in [-0.39, 0.29) is 10.9 Å². The van der Waals surface area contributed by atoms with Gasteiger partial charge in [0.2, 0.25) is 0 Å². The summed E-state index contributed by atoms with van der Waals surface area (Å²) in [6, 6.07) is 3.85. The lowest BCUT2D eigenvalue weighted by Gasteiger charge is -2.24. The number of anilines is 1. The Bertz CT molecular complexity index is 679. The first-order valence-corrected chi connectivity index (χ1v) is 9.49. The van der Waals surface area contributed by atoms with Gasteiger partial charge in [-0.15, -0.1) is 0 Å². The van der Waals surface area contributed by atoms with Crippen LogP contribution in [0.5, 0.6) is 0 Å². The molecule has 2 rings (SSSR count). The second kappa shape index (κ2) is 7.16. The van der Waals surface area contributed by atoms with E-state index >= 15 is 0 Å². The molecule has 2 amide bonds. The van der Waals surface area contributed by atoms with Gasteiger partial charge in [0.1, 0.15) is 5.82 Å². The van der Waals surface area contributed by atoms with Crippen molar-refractivity contribution in [1.82, 2.24) is 10.2 Å². The second-order valence-electron chi connectivity index (χ2n) is 5.55. The molecule has 0 aliphatic carbocycles. The van der Waals surface area contributed by atoms with E-state index < -0.39 is 15.7 Å². The van der Waals surface area contributed by atoms with Gasteiger partial charge >= 0.3 is 6.03 Å². The number of nitrogens with one attached hydrogen (secondary N) is 1. The molecule has 128 valence electrons. The fourth-order valence-electron chi connectivity index (χ4n) is 2.60. The Morgan fingerprint density at radius 1 is 1.26 bits per heavy atom. The summed E-state index contributed by atoms with van der Waals surface area (Å²) in [6.07, 6.45) is 1.78. The molecular formula is C15H22FN3O3S. The molecular weight excluding hydrogens is 321 g/mol. The number of rotatable bonds is 3. The minimum Gasteiger partial charge on any atom is -0.367 e. The summed E-state index contributed by atoms with van der Waals surface area (Å²) in [5.41, 5.74) is 0.371. The quantitative estimate of drug-likeness (QED) is 0.902. The minimum atomic E-state index is -3.43. The Labute approximate surface area is 136 Å². The number of sulfone groups is 1. The Kier molecular flexibility index (Phi) is 5.46. The van der Waals surface area contributed by atoms with Crippen molar-refractivity contribution >= 4 is 21.6 Å². The van der Waals surface area contributed by atoms with Gasteiger partial charge in [-0.2, -0.15) is 0 Å². The molecule has 8 heteroatoms. The summed E-state index contributed by atoms with van der Waals surface area (Å²) < 4.78 is 37.2. The van der Waals surface area contributed by atoms with Crippen LogP contribution in [0.4, 0.5) is 14.9 Å². The van der Waals surface area contributed by atoms with Gasteiger partial charge in [0.05, 0.1) is 10.6 Å².